The number of hydrogen-bond acceptors (Lipinski definition) is 4. The lowest BCUT2D eigenvalue weighted by Gasteiger charge is -2.09. The molecule has 5 nitrogen and oxygen atoms in total. The van der Waals surface area contributed by atoms with Gasteiger partial charge in [0, 0.05) is 16.8 Å². The maximum atomic E-state index is 11.9. The fraction of sp³-hybridized carbons (Fsp3) is 0.188. The number of benzene rings is 2. The SMILES string of the molecule is CCS(=O)(=O)c1ccc(NC(=O)COc2cc(Cl)ccc2Cl)cc1. The number of ether oxygens (including phenoxy) is 1. The van der Waals surface area contributed by atoms with Crippen LogP contribution < -0.4 is 10.1 Å². The number of amides is 1. The summed E-state index contributed by atoms with van der Waals surface area (Å²) in [5.74, 6) is -0.0757. The van der Waals surface area contributed by atoms with E-state index < -0.39 is 15.7 Å². The van der Waals surface area contributed by atoms with E-state index in [1.165, 1.54) is 30.3 Å². The lowest BCUT2D eigenvalue weighted by atomic mass is 10.3. The minimum absolute atomic E-state index is 0.0208. The first-order chi connectivity index (χ1) is 11.3. The van der Waals surface area contributed by atoms with E-state index in [4.69, 9.17) is 27.9 Å². The molecule has 0 radical (unpaired) electrons. The van der Waals surface area contributed by atoms with Crippen molar-refractivity contribution < 1.29 is 17.9 Å². The van der Waals surface area contributed by atoms with Crippen molar-refractivity contribution in [2.45, 2.75) is 11.8 Å². The van der Waals surface area contributed by atoms with Crippen molar-refractivity contribution in [3.8, 4) is 5.75 Å². The lowest BCUT2D eigenvalue weighted by Crippen LogP contribution is -2.20. The zero-order valence-electron chi connectivity index (χ0n) is 12.8. The number of carbonyl (C=O) groups excluding carboxylic acids is 1. The molecule has 0 aromatic heterocycles. The summed E-state index contributed by atoms with van der Waals surface area (Å²) < 4.78 is 28.8. The molecule has 0 aliphatic rings. The van der Waals surface area contributed by atoms with E-state index in [0.717, 1.165) is 0 Å². The van der Waals surface area contributed by atoms with E-state index in [1.54, 1.807) is 19.1 Å². The Morgan fingerprint density at radius 3 is 2.42 bits per heavy atom. The van der Waals surface area contributed by atoms with Gasteiger partial charge in [-0.2, -0.15) is 0 Å². The third kappa shape index (κ3) is 4.87. The van der Waals surface area contributed by atoms with Crippen molar-refractivity contribution >= 4 is 44.6 Å². The van der Waals surface area contributed by atoms with E-state index in [-0.39, 0.29) is 17.3 Å². The summed E-state index contributed by atoms with van der Waals surface area (Å²) in [5.41, 5.74) is 0.468. The van der Waals surface area contributed by atoms with Crippen LogP contribution in [0.25, 0.3) is 0 Å². The van der Waals surface area contributed by atoms with Crippen molar-refractivity contribution in [1.29, 1.82) is 0 Å². The average Bonchev–Trinajstić information content (AvgIpc) is 2.56. The standard InChI is InChI=1S/C16H15Cl2NO4S/c1-2-24(21,22)13-6-4-12(5-7-13)19-16(20)10-23-15-9-11(17)3-8-14(15)18/h3-9H,2,10H2,1H3,(H,19,20). The average molecular weight is 388 g/mol. The topological polar surface area (TPSA) is 72.5 Å². The molecular formula is C16H15Cl2NO4S. The second-order valence-corrected chi connectivity index (χ2v) is 7.96. The first kappa shape index (κ1) is 18.6. The smallest absolute Gasteiger partial charge is 0.262 e. The first-order valence-electron chi connectivity index (χ1n) is 7.02. The van der Waals surface area contributed by atoms with Crippen LogP contribution in [0.2, 0.25) is 10.0 Å². The largest absolute Gasteiger partial charge is 0.482 e. The number of rotatable bonds is 6. The van der Waals surface area contributed by atoms with Gasteiger partial charge in [-0.15, -0.1) is 0 Å². The minimum atomic E-state index is -3.26. The Kier molecular flexibility index (Phi) is 6.10. The zero-order chi connectivity index (χ0) is 17.7. The Labute approximate surface area is 150 Å². The molecular weight excluding hydrogens is 373 g/mol. The normalized spacial score (nSPS) is 11.1. The van der Waals surface area contributed by atoms with Gasteiger partial charge in [0.15, 0.2) is 16.4 Å². The monoisotopic (exact) mass is 387 g/mol. The van der Waals surface area contributed by atoms with Gasteiger partial charge in [-0.05, 0) is 36.4 Å². The second kappa shape index (κ2) is 7.88. The first-order valence-corrected chi connectivity index (χ1v) is 9.43. The highest BCUT2D eigenvalue weighted by atomic mass is 35.5. The summed E-state index contributed by atoms with van der Waals surface area (Å²) in [6.07, 6.45) is 0. The molecule has 8 heteroatoms. The number of carbonyl (C=O) groups is 1. The maximum absolute atomic E-state index is 11.9. The maximum Gasteiger partial charge on any atom is 0.262 e. The Morgan fingerprint density at radius 1 is 1.12 bits per heavy atom. The highest BCUT2D eigenvalue weighted by Gasteiger charge is 2.12. The third-order valence-corrected chi connectivity index (χ3v) is 5.43. The van der Waals surface area contributed by atoms with Crippen LogP contribution in [0.15, 0.2) is 47.4 Å². The fourth-order valence-corrected chi connectivity index (χ4v) is 3.06. The second-order valence-electron chi connectivity index (χ2n) is 4.84. The molecule has 0 aliphatic heterocycles. The molecule has 0 spiro atoms. The van der Waals surface area contributed by atoms with E-state index in [2.05, 4.69) is 5.32 Å². The molecule has 0 aliphatic carbocycles. The quantitative estimate of drug-likeness (QED) is 0.817. The molecule has 0 unspecified atom stereocenters. The summed E-state index contributed by atoms with van der Waals surface area (Å²) >= 11 is 11.8. The Morgan fingerprint density at radius 2 is 1.79 bits per heavy atom. The minimum Gasteiger partial charge on any atom is -0.482 e. The van der Waals surface area contributed by atoms with Crippen molar-refractivity contribution in [1.82, 2.24) is 0 Å². The number of nitrogens with one attached hydrogen (secondary N) is 1. The van der Waals surface area contributed by atoms with Crippen LogP contribution in [0.4, 0.5) is 5.69 Å². The molecule has 2 aromatic rings. The molecule has 0 bridgehead atoms. The summed E-state index contributed by atoms with van der Waals surface area (Å²) in [5, 5.41) is 3.40. The van der Waals surface area contributed by atoms with Crippen LogP contribution in [0.5, 0.6) is 5.75 Å². The molecule has 2 rings (SSSR count). The van der Waals surface area contributed by atoms with Gasteiger partial charge in [0.2, 0.25) is 0 Å². The van der Waals surface area contributed by atoms with Gasteiger partial charge in [0.25, 0.3) is 5.91 Å². The van der Waals surface area contributed by atoms with Gasteiger partial charge >= 0.3 is 0 Å². The molecule has 2 aromatic carbocycles. The fourth-order valence-electron chi connectivity index (χ4n) is 1.84. The van der Waals surface area contributed by atoms with E-state index >= 15 is 0 Å². The van der Waals surface area contributed by atoms with Gasteiger partial charge in [0.1, 0.15) is 5.75 Å². The zero-order valence-corrected chi connectivity index (χ0v) is 15.1. The Bertz CT molecular complexity index is 836. The highest BCUT2D eigenvalue weighted by Crippen LogP contribution is 2.27. The van der Waals surface area contributed by atoms with Gasteiger partial charge < -0.3 is 10.1 Å². The molecule has 1 N–H and O–H groups in total. The van der Waals surface area contributed by atoms with Crippen LogP contribution in [-0.2, 0) is 14.6 Å². The highest BCUT2D eigenvalue weighted by molar-refractivity contribution is 7.91. The van der Waals surface area contributed by atoms with Crippen LogP contribution in [0.1, 0.15) is 6.92 Å². The number of sulfone groups is 1. The number of hydrogen-bond donors (Lipinski definition) is 1. The van der Waals surface area contributed by atoms with E-state index in [9.17, 15) is 13.2 Å². The van der Waals surface area contributed by atoms with Crippen molar-refractivity contribution in [3.05, 3.63) is 52.5 Å². The predicted octanol–water partition coefficient (Wildman–Crippen LogP) is 3.80. The van der Waals surface area contributed by atoms with Crippen LogP contribution in [0.3, 0.4) is 0 Å². The number of anilines is 1. The van der Waals surface area contributed by atoms with Crippen molar-refractivity contribution in [2.75, 3.05) is 17.7 Å². The summed E-state index contributed by atoms with van der Waals surface area (Å²) in [6.45, 7) is 1.32. The van der Waals surface area contributed by atoms with Gasteiger partial charge in [-0.25, -0.2) is 8.42 Å². The summed E-state index contributed by atoms with van der Waals surface area (Å²) in [6, 6.07) is 10.6. The van der Waals surface area contributed by atoms with Crippen LogP contribution >= 0.6 is 23.2 Å². The molecule has 0 fully saturated rings. The molecule has 0 atom stereocenters. The van der Waals surface area contributed by atoms with Gasteiger partial charge in [-0.1, -0.05) is 30.1 Å². The lowest BCUT2D eigenvalue weighted by molar-refractivity contribution is -0.118. The van der Waals surface area contributed by atoms with Gasteiger partial charge in [-0.3, -0.25) is 4.79 Å². The molecule has 0 saturated heterocycles. The van der Waals surface area contributed by atoms with Gasteiger partial charge in [0.05, 0.1) is 15.7 Å². The number of halogens is 2. The molecule has 0 heterocycles. The molecule has 128 valence electrons. The summed E-state index contributed by atoms with van der Waals surface area (Å²) in [7, 11) is -3.26. The van der Waals surface area contributed by atoms with Crippen LogP contribution in [-0.4, -0.2) is 26.7 Å². The molecule has 1 amide bonds. The van der Waals surface area contributed by atoms with E-state index in [0.29, 0.717) is 21.5 Å². The third-order valence-electron chi connectivity index (χ3n) is 3.13. The van der Waals surface area contributed by atoms with Crippen molar-refractivity contribution in [2.24, 2.45) is 0 Å². The molecule has 0 saturated carbocycles. The molecule has 24 heavy (non-hydrogen) atoms. The van der Waals surface area contributed by atoms with Crippen molar-refractivity contribution in [3.63, 3.8) is 0 Å². The summed E-state index contributed by atoms with van der Waals surface area (Å²) in [4.78, 5) is 12.1. The predicted molar refractivity (Wildman–Crippen MR) is 94.8 cm³/mol. The van der Waals surface area contributed by atoms with E-state index in [1.807, 2.05) is 0 Å². The Hall–Kier alpha value is -1.76. The Balaban J connectivity index is 1.96. The van der Waals surface area contributed by atoms with Crippen LogP contribution in [0, 0.1) is 0 Å².